The number of rotatable bonds is 5. The van der Waals surface area contributed by atoms with Crippen LogP contribution in [-0.4, -0.2) is 16.8 Å². The normalized spacial score (nSPS) is 23.8. The Balaban J connectivity index is 1.35. The maximum atomic E-state index is 12.4. The Kier molecular flexibility index (Phi) is 4.76. The molecule has 2 fully saturated rings. The molecule has 0 spiro atoms. The molecule has 3 atom stereocenters. The number of nitrogens with one attached hydrogen (secondary N) is 2. The number of hydrogen-bond acceptors (Lipinski definition) is 4. The predicted molar refractivity (Wildman–Crippen MR) is 104 cm³/mol. The monoisotopic (exact) mass is 369 g/mol. The summed E-state index contributed by atoms with van der Waals surface area (Å²) in [4.78, 5) is 28.0. The number of aromatic nitrogens is 1. The van der Waals surface area contributed by atoms with Gasteiger partial charge in [0.25, 0.3) is 0 Å². The molecule has 2 amide bonds. The van der Waals surface area contributed by atoms with Crippen molar-refractivity contribution in [2.45, 2.75) is 39.0 Å². The van der Waals surface area contributed by atoms with Crippen LogP contribution in [0, 0.1) is 17.8 Å². The molecule has 0 saturated heterocycles. The first-order valence-corrected chi connectivity index (χ1v) is 10.1. The Labute approximate surface area is 157 Å². The maximum Gasteiger partial charge on any atom is 0.226 e. The molecule has 2 bridgehead atoms. The summed E-state index contributed by atoms with van der Waals surface area (Å²) in [5.41, 5.74) is 2.56. The number of hydrogen-bond donors (Lipinski definition) is 2. The molecular weight excluding hydrogens is 346 g/mol. The molecule has 6 heteroatoms. The van der Waals surface area contributed by atoms with Crippen molar-refractivity contribution in [1.29, 1.82) is 0 Å². The fourth-order valence-corrected chi connectivity index (χ4v) is 5.16. The lowest BCUT2D eigenvalue weighted by atomic mass is 9.86. The highest BCUT2D eigenvalue weighted by Crippen LogP contribution is 2.49. The first-order valence-electron chi connectivity index (χ1n) is 9.20. The van der Waals surface area contributed by atoms with Gasteiger partial charge in [-0.25, -0.2) is 4.98 Å². The van der Waals surface area contributed by atoms with E-state index in [1.165, 1.54) is 43.9 Å². The first kappa shape index (κ1) is 17.2. The van der Waals surface area contributed by atoms with Gasteiger partial charge in [0.15, 0.2) is 5.13 Å². The van der Waals surface area contributed by atoms with Gasteiger partial charge in [0.1, 0.15) is 0 Å². The molecule has 1 heterocycles. The van der Waals surface area contributed by atoms with Crippen LogP contribution < -0.4 is 10.6 Å². The number of nitrogens with zero attached hydrogens (tertiary/aromatic N) is 1. The van der Waals surface area contributed by atoms with E-state index in [-0.39, 0.29) is 11.8 Å². The summed E-state index contributed by atoms with van der Waals surface area (Å²) in [7, 11) is 0. The fourth-order valence-electron chi connectivity index (χ4n) is 4.43. The molecule has 136 valence electrons. The molecule has 2 saturated carbocycles. The standard InChI is InChI=1S/C20H23N3O2S/c1-12(24)21-17-6-4-14(5-7-17)18-11-26-20(22-18)23-19(25)10-16-9-13-2-3-15(16)8-13/h4-7,11,13,15-16H,2-3,8-10H2,1H3,(H,21,24)(H,22,23,25)/t13-,15+,16-/m0/s1. The third kappa shape index (κ3) is 3.80. The van der Waals surface area contributed by atoms with Gasteiger partial charge in [-0.1, -0.05) is 18.6 Å². The molecule has 0 unspecified atom stereocenters. The molecule has 2 aromatic rings. The molecule has 1 aromatic carbocycles. The first-order chi connectivity index (χ1) is 12.6. The van der Waals surface area contributed by atoms with Crippen molar-refractivity contribution in [3.63, 3.8) is 0 Å². The van der Waals surface area contributed by atoms with Crippen molar-refractivity contribution in [1.82, 2.24) is 4.98 Å². The van der Waals surface area contributed by atoms with E-state index in [2.05, 4.69) is 15.6 Å². The van der Waals surface area contributed by atoms with E-state index < -0.39 is 0 Å². The van der Waals surface area contributed by atoms with Crippen molar-refractivity contribution in [2.75, 3.05) is 10.6 Å². The second-order valence-electron chi connectivity index (χ2n) is 7.48. The Hall–Kier alpha value is -2.21. The highest BCUT2D eigenvalue weighted by Gasteiger charge is 2.40. The summed E-state index contributed by atoms with van der Waals surface area (Å²) < 4.78 is 0. The molecule has 0 aliphatic heterocycles. The number of fused-ring (bicyclic) bond motifs is 2. The van der Waals surface area contributed by atoms with Crippen LogP contribution >= 0.6 is 11.3 Å². The maximum absolute atomic E-state index is 12.4. The number of carbonyl (C=O) groups excluding carboxylic acids is 2. The van der Waals surface area contributed by atoms with Gasteiger partial charge in [-0.2, -0.15) is 0 Å². The van der Waals surface area contributed by atoms with Crippen LogP contribution in [0.1, 0.15) is 39.0 Å². The summed E-state index contributed by atoms with van der Waals surface area (Å²) in [5.74, 6) is 2.19. The molecule has 5 nitrogen and oxygen atoms in total. The van der Waals surface area contributed by atoms with Crippen molar-refractivity contribution < 1.29 is 9.59 Å². The Morgan fingerprint density at radius 2 is 1.96 bits per heavy atom. The number of thiazole rings is 1. The Morgan fingerprint density at radius 3 is 2.62 bits per heavy atom. The lowest BCUT2D eigenvalue weighted by Gasteiger charge is -2.20. The number of carbonyl (C=O) groups is 2. The zero-order chi connectivity index (χ0) is 18.1. The molecular formula is C20H23N3O2S. The van der Waals surface area contributed by atoms with Gasteiger partial charge in [-0.15, -0.1) is 11.3 Å². The van der Waals surface area contributed by atoms with Crippen LogP contribution in [0.4, 0.5) is 10.8 Å². The average Bonchev–Trinajstić information content (AvgIpc) is 3.32. The summed E-state index contributed by atoms with van der Waals surface area (Å²) >= 11 is 1.45. The number of amides is 2. The molecule has 2 aliphatic rings. The van der Waals surface area contributed by atoms with Crippen LogP contribution in [0.5, 0.6) is 0 Å². The fraction of sp³-hybridized carbons (Fsp3) is 0.450. The summed E-state index contributed by atoms with van der Waals surface area (Å²) in [6.07, 6.45) is 5.84. The quantitative estimate of drug-likeness (QED) is 0.813. The third-order valence-corrected chi connectivity index (χ3v) is 6.34. The van der Waals surface area contributed by atoms with E-state index in [1.54, 1.807) is 0 Å². The second kappa shape index (κ2) is 7.19. The minimum atomic E-state index is -0.0908. The lowest BCUT2D eigenvalue weighted by molar-refractivity contribution is -0.117. The Bertz CT molecular complexity index is 815. The van der Waals surface area contributed by atoms with Crippen LogP contribution in [0.25, 0.3) is 11.3 Å². The molecule has 4 rings (SSSR count). The lowest BCUT2D eigenvalue weighted by Crippen LogP contribution is -2.20. The van der Waals surface area contributed by atoms with Crippen molar-refractivity contribution in [3.05, 3.63) is 29.6 Å². The number of anilines is 2. The zero-order valence-corrected chi connectivity index (χ0v) is 15.6. The van der Waals surface area contributed by atoms with E-state index in [0.717, 1.165) is 28.8 Å². The summed E-state index contributed by atoms with van der Waals surface area (Å²) in [5, 5.41) is 8.31. The molecule has 1 aromatic heterocycles. The smallest absolute Gasteiger partial charge is 0.226 e. The highest BCUT2D eigenvalue weighted by atomic mass is 32.1. The van der Waals surface area contributed by atoms with E-state index in [9.17, 15) is 9.59 Å². The van der Waals surface area contributed by atoms with Crippen LogP contribution in [0.2, 0.25) is 0 Å². The largest absolute Gasteiger partial charge is 0.326 e. The minimum Gasteiger partial charge on any atom is -0.326 e. The topological polar surface area (TPSA) is 71.1 Å². The SMILES string of the molecule is CC(=O)Nc1ccc(-c2csc(NC(=O)C[C@@H]3C[C@H]4CC[C@@H]3C4)n2)cc1. The Morgan fingerprint density at radius 1 is 1.15 bits per heavy atom. The van der Waals surface area contributed by atoms with E-state index in [4.69, 9.17) is 0 Å². The van der Waals surface area contributed by atoms with E-state index >= 15 is 0 Å². The highest BCUT2D eigenvalue weighted by molar-refractivity contribution is 7.14. The minimum absolute atomic E-state index is 0.0875. The molecule has 0 radical (unpaired) electrons. The van der Waals surface area contributed by atoms with Crippen molar-refractivity contribution >= 4 is 34.0 Å². The molecule has 2 aliphatic carbocycles. The van der Waals surface area contributed by atoms with Crippen molar-refractivity contribution in [3.8, 4) is 11.3 Å². The molecule has 26 heavy (non-hydrogen) atoms. The van der Waals surface area contributed by atoms with Crippen molar-refractivity contribution in [2.24, 2.45) is 17.8 Å². The predicted octanol–water partition coefficient (Wildman–Crippen LogP) is 4.53. The third-order valence-electron chi connectivity index (χ3n) is 5.58. The van der Waals surface area contributed by atoms with E-state index in [1.807, 2.05) is 29.6 Å². The molecule has 2 N–H and O–H groups in total. The van der Waals surface area contributed by atoms with Gasteiger partial charge in [-0.05, 0) is 49.1 Å². The van der Waals surface area contributed by atoms with E-state index in [0.29, 0.717) is 17.5 Å². The van der Waals surface area contributed by atoms with Crippen LogP contribution in [0.15, 0.2) is 29.6 Å². The van der Waals surface area contributed by atoms with Gasteiger partial charge in [0, 0.05) is 30.0 Å². The van der Waals surface area contributed by atoms with Gasteiger partial charge < -0.3 is 10.6 Å². The summed E-state index contributed by atoms with van der Waals surface area (Å²) in [6, 6.07) is 7.54. The zero-order valence-electron chi connectivity index (χ0n) is 14.8. The number of benzene rings is 1. The van der Waals surface area contributed by atoms with Crippen LogP contribution in [0.3, 0.4) is 0 Å². The van der Waals surface area contributed by atoms with Gasteiger partial charge in [0.2, 0.25) is 11.8 Å². The van der Waals surface area contributed by atoms with Crippen LogP contribution in [-0.2, 0) is 9.59 Å². The van der Waals surface area contributed by atoms with Gasteiger partial charge >= 0.3 is 0 Å². The second-order valence-corrected chi connectivity index (χ2v) is 8.34. The summed E-state index contributed by atoms with van der Waals surface area (Å²) in [6.45, 7) is 1.49. The van der Waals surface area contributed by atoms with Gasteiger partial charge in [0.05, 0.1) is 5.69 Å². The average molecular weight is 369 g/mol. The van der Waals surface area contributed by atoms with Gasteiger partial charge in [-0.3, -0.25) is 9.59 Å².